The molecule has 0 fully saturated rings. The lowest BCUT2D eigenvalue weighted by Crippen LogP contribution is -2.17. The van der Waals surface area contributed by atoms with E-state index in [1.807, 2.05) is 19.1 Å². The molecule has 118 valence electrons. The number of methoxy groups -OCH3 is 1. The molecular formula is C14H15N7O2. The van der Waals surface area contributed by atoms with E-state index in [1.165, 1.54) is 13.3 Å². The molecule has 2 rings (SSSR count). The molecule has 0 aliphatic rings. The Morgan fingerprint density at radius 1 is 1.52 bits per heavy atom. The van der Waals surface area contributed by atoms with Crippen molar-refractivity contribution in [3.8, 4) is 6.07 Å². The number of tetrazole rings is 1. The first-order chi connectivity index (χ1) is 11.1. The van der Waals surface area contributed by atoms with Crippen LogP contribution in [0.2, 0.25) is 0 Å². The first-order valence-corrected chi connectivity index (χ1v) is 6.64. The summed E-state index contributed by atoms with van der Waals surface area (Å²) in [7, 11) is 1.45. The molecule has 0 aliphatic heterocycles. The number of aryl methyl sites for hydroxylation is 1. The number of anilines is 2. The van der Waals surface area contributed by atoms with Crippen LogP contribution in [-0.4, -0.2) is 40.2 Å². The van der Waals surface area contributed by atoms with Crippen molar-refractivity contribution in [1.29, 1.82) is 5.26 Å². The Morgan fingerprint density at radius 3 is 3.00 bits per heavy atom. The maximum Gasteiger partial charge on any atom is 0.250 e. The van der Waals surface area contributed by atoms with E-state index in [1.54, 1.807) is 12.1 Å². The van der Waals surface area contributed by atoms with Gasteiger partial charge in [0.1, 0.15) is 18.2 Å². The molecule has 1 aromatic heterocycles. The van der Waals surface area contributed by atoms with Crippen LogP contribution in [0.3, 0.4) is 0 Å². The van der Waals surface area contributed by atoms with Crippen molar-refractivity contribution < 1.29 is 9.53 Å². The number of nitriles is 1. The van der Waals surface area contributed by atoms with E-state index in [2.05, 4.69) is 31.3 Å². The number of hydrogen-bond donors (Lipinski definition) is 3. The van der Waals surface area contributed by atoms with Gasteiger partial charge in [-0.05, 0) is 29.8 Å². The van der Waals surface area contributed by atoms with E-state index in [0.29, 0.717) is 5.69 Å². The van der Waals surface area contributed by atoms with Crippen molar-refractivity contribution in [3.05, 3.63) is 35.8 Å². The summed E-state index contributed by atoms with van der Waals surface area (Å²) in [6, 6.07) is 7.37. The molecule has 2 aromatic rings. The topological polar surface area (TPSA) is 129 Å². The molecule has 0 aliphatic carbocycles. The third kappa shape index (κ3) is 4.36. The predicted molar refractivity (Wildman–Crippen MR) is 83.1 cm³/mol. The fourth-order valence-electron chi connectivity index (χ4n) is 1.76. The molecule has 0 bridgehead atoms. The van der Waals surface area contributed by atoms with Gasteiger partial charge in [0, 0.05) is 24.7 Å². The van der Waals surface area contributed by atoms with Crippen molar-refractivity contribution >= 4 is 22.9 Å². The highest BCUT2D eigenvalue weighted by atomic mass is 16.5. The number of H-pyrrole nitrogens is 1. The predicted octanol–water partition coefficient (Wildman–Crippen LogP) is 1.07. The summed E-state index contributed by atoms with van der Waals surface area (Å²) in [5.74, 6) is -0.0513. The zero-order valence-corrected chi connectivity index (χ0v) is 12.6. The zero-order valence-electron chi connectivity index (χ0n) is 12.6. The molecule has 23 heavy (non-hydrogen) atoms. The maximum absolute atomic E-state index is 11.5. The normalized spacial score (nSPS) is 10.9. The summed E-state index contributed by atoms with van der Waals surface area (Å²) in [6.07, 6.45) is 1.48. The number of allylic oxidation sites excluding steroid dienone is 1. The van der Waals surface area contributed by atoms with Gasteiger partial charge >= 0.3 is 0 Å². The van der Waals surface area contributed by atoms with Gasteiger partial charge in [-0.2, -0.15) is 10.5 Å². The summed E-state index contributed by atoms with van der Waals surface area (Å²) in [4.78, 5) is 11.5. The van der Waals surface area contributed by atoms with Crippen molar-refractivity contribution in [3.63, 3.8) is 0 Å². The van der Waals surface area contributed by atoms with Crippen LogP contribution < -0.4 is 10.6 Å². The average molecular weight is 313 g/mol. The molecule has 3 N–H and O–H groups in total. The highest BCUT2D eigenvalue weighted by Crippen LogP contribution is 2.21. The quantitative estimate of drug-likeness (QED) is 0.680. The number of rotatable bonds is 6. The van der Waals surface area contributed by atoms with Gasteiger partial charge in [-0.3, -0.25) is 4.79 Å². The minimum absolute atomic E-state index is 0.0209. The van der Waals surface area contributed by atoms with Crippen molar-refractivity contribution in [2.24, 2.45) is 0 Å². The van der Waals surface area contributed by atoms with Crippen LogP contribution in [0, 0.1) is 18.3 Å². The molecule has 0 atom stereocenters. The molecule has 1 amide bonds. The van der Waals surface area contributed by atoms with Gasteiger partial charge in [0.25, 0.3) is 0 Å². The number of aromatic amines is 1. The van der Waals surface area contributed by atoms with Gasteiger partial charge in [0.15, 0.2) is 0 Å². The van der Waals surface area contributed by atoms with Gasteiger partial charge in [-0.1, -0.05) is 6.07 Å². The molecule has 1 heterocycles. The summed E-state index contributed by atoms with van der Waals surface area (Å²) in [5, 5.41) is 28.0. The molecule has 0 saturated carbocycles. The van der Waals surface area contributed by atoms with Gasteiger partial charge < -0.3 is 15.4 Å². The third-order valence-electron chi connectivity index (χ3n) is 2.88. The number of carbonyl (C=O) groups excluding carboxylic acids is 1. The maximum atomic E-state index is 11.5. The van der Waals surface area contributed by atoms with Gasteiger partial charge in [-0.15, -0.1) is 10.2 Å². The minimum Gasteiger partial charge on any atom is -0.375 e. The molecule has 0 saturated heterocycles. The number of carbonyl (C=O) groups is 1. The second-order valence-corrected chi connectivity index (χ2v) is 4.56. The largest absolute Gasteiger partial charge is 0.375 e. The monoisotopic (exact) mass is 313 g/mol. The number of nitrogens with one attached hydrogen (secondary N) is 3. The second-order valence-electron chi connectivity index (χ2n) is 4.56. The summed E-state index contributed by atoms with van der Waals surface area (Å²) >= 11 is 0. The molecule has 0 unspecified atom stereocenters. The highest BCUT2D eigenvalue weighted by Gasteiger charge is 2.07. The molecule has 0 radical (unpaired) electrons. The summed E-state index contributed by atoms with van der Waals surface area (Å²) in [5.41, 5.74) is 2.52. The van der Waals surface area contributed by atoms with E-state index in [-0.39, 0.29) is 23.9 Å². The summed E-state index contributed by atoms with van der Waals surface area (Å²) in [6.45, 7) is 1.88. The lowest BCUT2D eigenvalue weighted by atomic mass is 10.1. The van der Waals surface area contributed by atoms with Crippen LogP contribution in [0.1, 0.15) is 11.4 Å². The van der Waals surface area contributed by atoms with Crippen LogP contribution >= 0.6 is 0 Å². The lowest BCUT2D eigenvalue weighted by Gasteiger charge is -2.10. The zero-order chi connectivity index (χ0) is 16.7. The van der Waals surface area contributed by atoms with Crippen LogP contribution in [0.15, 0.2) is 24.4 Å². The Labute approximate surface area is 132 Å². The van der Waals surface area contributed by atoms with Crippen LogP contribution in [0.5, 0.6) is 0 Å². The smallest absolute Gasteiger partial charge is 0.250 e. The van der Waals surface area contributed by atoms with E-state index in [4.69, 9.17) is 10.00 Å². The first-order valence-electron chi connectivity index (χ1n) is 6.64. The van der Waals surface area contributed by atoms with E-state index < -0.39 is 0 Å². The van der Waals surface area contributed by atoms with E-state index >= 15 is 0 Å². The van der Waals surface area contributed by atoms with E-state index in [9.17, 15) is 4.79 Å². The van der Waals surface area contributed by atoms with Crippen molar-refractivity contribution in [1.82, 2.24) is 20.6 Å². The number of hydrogen-bond acceptors (Lipinski definition) is 7. The van der Waals surface area contributed by atoms with Crippen LogP contribution in [0.25, 0.3) is 5.57 Å². The van der Waals surface area contributed by atoms with Crippen LogP contribution in [-0.2, 0) is 9.53 Å². The molecule has 1 aromatic carbocycles. The Kier molecular flexibility index (Phi) is 5.38. The lowest BCUT2D eigenvalue weighted by molar-refractivity contribution is -0.119. The molecule has 9 nitrogen and oxygen atoms in total. The molecule has 0 spiro atoms. The molecular weight excluding hydrogens is 298 g/mol. The minimum atomic E-state index is -0.248. The van der Waals surface area contributed by atoms with E-state index in [0.717, 1.165) is 11.3 Å². The Hall–Kier alpha value is -3.25. The van der Waals surface area contributed by atoms with Gasteiger partial charge in [0.2, 0.25) is 11.7 Å². The highest BCUT2D eigenvalue weighted by molar-refractivity contribution is 5.92. The Bertz CT molecular complexity index is 747. The number of amides is 1. The van der Waals surface area contributed by atoms with Crippen molar-refractivity contribution in [2.75, 3.05) is 24.4 Å². The SMILES string of the molecule is COCC(=O)Nc1ccc(C)c(NC=C(C#N)c2nn[nH]n2)c1. The van der Waals surface area contributed by atoms with Gasteiger partial charge in [-0.25, -0.2) is 0 Å². The third-order valence-corrected chi connectivity index (χ3v) is 2.88. The standard InChI is InChI=1S/C14H15N7O2/c1-9-3-4-11(17-13(22)8-23-2)5-12(9)16-7-10(6-15)14-18-20-21-19-14/h3-5,7,16H,8H2,1-2H3,(H,17,22)(H,18,19,20,21). The summed E-state index contributed by atoms with van der Waals surface area (Å²) < 4.78 is 4.77. The second kappa shape index (κ2) is 7.67. The fraction of sp³-hybridized carbons (Fsp3) is 0.214. The molecule has 9 heteroatoms. The number of aromatic nitrogens is 4. The average Bonchev–Trinajstić information content (AvgIpc) is 3.05. The first kappa shape index (κ1) is 16.1. The number of nitrogens with zero attached hydrogens (tertiary/aromatic N) is 4. The Morgan fingerprint density at radius 2 is 2.35 bits per heavy atom. The Balaban J connectivity index is 2.16. The van der Waals surface area contributed by atoms with Gasteiger partial charge in [0.05, 0.1) is 0 Å². The fourth-order valence-corrected chi connectivity index (χ4v) is 1.76. The number of ether oxygens (including phenoxy) is 1. The van der Waals surface area contributed by atoms with Crippen molar-refractivity contribution in [2.45, 2.75) is 6.92 Å². The number of benzene rings is 1. The van der Waals surface area contributed by atoms with Crippen LogP contribution in [0.4, 0.5) is 11.4 Å².